The normalized spacial score (nSPS) is 14.6. The van der Waals surface area contributed by atoms with Crippen LogP contribution in [0.25, 0.3) is 0 Å². The third-order valence-corrected chi connectivity index (χ3v) is 1.97. The zero-order valence-electron chi connectivity index (χ0n) is 10.0. The van der Waals surface area contributed by atoms with Crippen LogP contribution in [-0.2, 0) is 23.8 Å². The Morgan fingerprint density at radius 1 is 1.38 bits per heavy atom. The van der Waals surface area contributed by atoms with E-state index >= 15 is 0 Å². The number of carbonyl (C=O) groups excluding carboxylic acids is 1. The highest BCUT2D eigenvalue weighted by molar-refractivity contribution is 7.86. The third kappa shape index (κ3) is 7.61. The monoisotopic (exact) mass is 253 g/mol. The van der Waals surface area contributed by atoms with Crippen LogP contribution in [0.1, 0.15) is 27.2 Å². The maximum absolute atomic E-state index is 11.6. The molecule has 0 aliphatic heterocycles. The van der Waals surface area contributed by atoms with E-state index in [4.69, 9.17) is 10.5 Å². The van der Waals surface area contributed by atoms with Crippen molar-refractivity contribution in [1.29, 1.82) is 0 Å². The van der Waals surface area contributed by atoms with Gasteiger partial charge in [-0.1, -0.05) is 0 Å². The number of rotatable bonds is 5. The lowest BCUT2D eigenvalue weighted by atomic mass is 10.2. The Morgan fingerprint density at radius 3 is 2.19 bits per heavy atom. The van der Waals surface area contributed by atoms with Crippen LogP contribution in [0, 0.1) is 0 Å². The van der Waals surface area contributed by atoms with Crippen molar-refractivity contribution in [1.82, 2.24) is 0 Å². The van der Waals surface area contributed by atoms with Gasteiger partial charge in [0.1, 0.15) is 5.60 Å². The van der Waals surface area contributed by atoms with Crippen molar-refractivity contribution in [2.75, 3.05) is 12.8 Å². The van der Waals surface area contributed by atoms with Crippen molar-refractivity contribution in [2.24, 2.45) is 5.73 Å². The summed E-state index contributed by atoms with van der Waals surface area (Å²) in [6.45, 7) is 5.19. The molecule has 7 heteroatoms. The molecule has 1 unspecified atom stereocenters. The molecule has 0 aliphatic rings. The van der Waals surface area contributed by atoms with E-state index in [2.05, 4.69) is 4.18 Å². The van der Waals surface area contributed by atoms with Crippen LogP contribution in [0.5, 0.6) is 0 Å². The number of hydrogen-bond acceptors (Lipinski definition) is 6. The maximum atomic E-state index is 11.6. The largest absolute Gasteiger partial charge is 0.458 e. The molecule has 0 aromatic rings. The molecule has 0 aromatic heterocycles. The zero-order chi connectivity index (χ0) is 13.0. The summed E-state index contributed by atoms with van der Waals surface area (Å²) in [6.07, 6.45) is -0.192. The first kappa shape index (κ1) is 15.3. The quantitative estimate of drug-likeness (QED) is 0.548. The van der Waals surface area contributed by atoms with Crippen molar-refractivity contribution < 1.29 is 22.1 Å². The summed E-state index contributed by atoms with van der Waals surface area (Å²) in [5, 5.41) is 0. The van der Waals surface area contributed by atoms with Gasteiger partial charge in [-0.15, -0.1) is 0 Å². The van der Waals surface area contributed by atoms with Gasteiger partial charge in [0.15, 0.2) is 6.10 Å². The number of esters is 1. The highest BCUT2D eigenvalue weighted by Crippen LogP contribution is 2.12. The third-order valence-electron chi connectivity index (χ3n) is 1.39. The lowest BCUT2D eigenvalue weighted by molar-refractivity contribution is -0.163. The van der Waals surface area contributed by atoms with Crippen molar-refractivity contribution in [2.45, 2.75) is 38.9 Å². The predicted octanol–water partition coefficient (Wildman–Crippen LogP) is 0.0217. The minimum Gasteiger partial charge on any atom is -0.458 e. The molecule has 0 fully saturated rings. The van der Waals surface area contributed by atoms with E-state index in [1.165, 1.54) is 0 Å². The van der Waals surface area contributed by atoms with Crippen molar-refractivity contribution >= 4 is 16.1 Å². The van der Waals surface area contributed by atoms with Crippen LogP contribution in [-0.4, -0.2) is 38.9 Å². The van der Waals surface area contributed by atoms with Gasteiger partial charge in [0.2, 0.25) is 0 Å². The molecular formula is C9H19NO5S. The molecule has 1 atom stereocenters. The first-order chi connectivity index (χ1) is 7.05. The maximum Gasteiger partial charge on any atom is 0.337 e. The molecule has 2 N–H and O–H groups in total. The van der Waals surface area contributed by atoms with Crippen molar-refractivity contribution in [3.63, 3.8) is 0 Å². The van der Waals surface area contributed by atoms with E-state index < -0.39 is 27.8 Å². The average molecular weight is 253 g/mol. The average Bonchev–Trinajstić information content (AvgIpc) is 1.97. The van der Waals surface area contributed by atoms with Crippen LogP contribution in [0.15, 0.2) is 0 Å². The topological polar surface area (TPSA) is 95.7 Å². The fourth-order valence-corrected chi connectivity index (χ4v) is 1.53. The molecule has 16 heavy (non-hydrogen) atoms. The van der Waals surface area contributed by atoms with Gasteiger partial charge < -0.3 is 10.5 Å². The Kier molecular flexibility index (Phi) is 5.37. The van der Waals surface area contributed by atoms with Crippen LogP contribution in [0.4, 0.5) is 0 Å². The van der Waals surface area contributed by atoms with Gasteiger partial charge in [0.05, 0.1) is 6.26 Å². The Morgan fingerprint density at radius 2 is 1.88 bits per heavy atom. The Balaban J connectivity index is 4.60. The van der Waals surface area contributed by atoms with E-state index in [0.717, 1.165) is 6.26 Å². The molecule has 0 spiro atoms. The van der Waals surface area contributed by atoms with Crippen molar-refractivity contribution in [3.05, 3.63) is 0 Å². The Bertz CT molecular complexity index is 330. The number of nitrogens with two attached hydrogens (primary N) is 1. The van der Waals surface area contributed by atoms with E-state index in [9.17, 15) is 13.2 Å². The molecule has 0 amide bonds. The molecule has 0 radical (unpaired) electrons. The fourth-order valence-electron chi connectivity index (χ4n) is 0.935. The summed E-state index contributed by atoms with van der Waals surface area (Å²) in [5.41, 5.74) is 4.58. The van der Waals surface area contributed by atoms with Gasteiger partial charge in [-0.25, -0.2) is 4.79 Å². The van der Waals surface area contributed by atoms with E-state index in [0.29, 0.717) is 0 Å². The van der Waals surface area contributed by atoms with Gasteiger partial charge >= 0.3 is 5.97 Å². The van der Waals surface area contributed by atoms with Crippen LogP contribution in [0.2, 0.25) is 0 Å². The second-order valence-electron chi connectivity index (χ2n) is 4.40. The molecule has 0 saturated heterocycles. The number of ether oxygens (including phenoxy) is 1. The molecule has 0 rings (SSSR count). The first-order valence-corrected chi connectivity index (χ1v) is 6.68. The van der Waals surface area contributed by atoms with Crippen molar-refractivity contribution in [3.8, 4) is 0 Å². The summed E-state index contributed by atoms with van der Waals surface area (Å²) in [6, 6.07) is 0. The first-order valence-electron chi connectivity index (χ1n) is 4.86. The van der Waals surface area contributed by atoms with Gasteiger partial charge in [0.25, 0.3) is 10.1 Å². The summed E-state index contributed by atoms with van der Waals surface area (Å²) < 4.78 is 31.4. The molecule has 0 saturated carbocycles. The highest BCUT2D eigenvalue weighted by atomic mass is 32.2. The second-order valence-corrected chi connectivity index (χ2v) is 6.00. The molecule has 96 valence electrons. The molecule has 0 bridgehead atoms. The second kappa shape index (κ2) is 5.60. The van der Waals surface area contributed by atoms with Gasteiger partial charge in [-0.3, -0.25) is 4.18 Å². The molecular weight excluding hydrogens is 234 g/mol. The molecule has 0 heterocycles. The number of hydrogen-bond donors (Lipinski definition) is 1. The predicted molar refractivity (Wildman–Crippen MR) is 59.2 cm³/mol. The van der Waals surface area contributed by atoms with E-state index in [-0.39, 0.29) is 13.0 Å². The lowest BCUT2D eigenvalue weighted by Crippen LogP contribution is -2.36. The molecule has 6 nitrogen and oxygen atoms in total. The summed E-state index contributed by atoms with van der Waals surface area (Å²) in [4.78, 5) is 11.6. The summed E-state index contributed by atoms with van der Waals surface area (Å²) in [7, 11) is -3.70. The highest BCUT2D eigenvalue weighted by Gasteiger charge is 2.28. The molecule has 0 aliphatic carbocycles. The van der Waals surface area contributed by atoms with Crippen LogP contribution in [0.3, 0.4) is 0 Å². The lowest BCUT2D eigenvalue weighted by Gasteiger charge is -2.23. The smallest absolute Gasteiger partial charge is 0.337 e. The zero-order valence-corrected chi connectivity index (χ0v) is 10.8. The van der Waals surface area contributed by atoms with Gasteiger partial charge in [0, 0.05) is 0 Å². The minimum atomic E-state index is -3.70. The standard InChI is InChI=1S/C9H19NO5S/c1-9(2,3)14-8(11)7(5-6-10)15-16(4,12)13/h7H,5-6,10H2,1-4H3. The van der Waals surface area contributed by atoms with Crippen LogP contribution < -0.4 is 5.73 Å². The Labute approximate surface area is 96.2 Å². The number of carbonyl (C=O) groups is 1. The SMILES string of the molecule is CC(C)(C)OC(=O)C(CCN)OS(C)(=O)=O. The van der Waals surface area contributed by atoms with Gasteiger partial charge in [-0.05, 0) is 33.7 Å². The van der Waals surface area contributed by atoms with E-state index in [1.54, 1.807) is 20.8 Å². The minimum absolute atomic E-state index is 0.0992. The van der Waals surface area contributed by atoms with E-state index in [1.807, 2.05) is 0 Å². The Hall–Kier alpha value is -0.660. The summed E-state index contributed by atoms with van der Waals surface area (Å²) in [5.74, 6) is -0.719. The summed E-state index contributed by atoms with van der Waals surface area (Å²) >= 11 is 0. The van der Waals surface area contributed by atoms with Gasteiger partial charge in [-0.2, -0.15) is 8.42 Å². The van der Waals surface area contributed by atoms with Crippen LogP contribution >= 0.6 is 0 Å². The fraction of sp³-hybridized carbons (Fsp3) is 0.889. The molecule has 0 aromatic carbocycles.